The van der Waals surface area contributed by atoms with Crippen LogP contribution in [0.25, 0.3) is 0 Å². The van der Waals surface area contributed by atoms with Gasteiger partial charge in [0.1, 0.15) is 30.5 Å². The molecule has 0 rings (SSSR count). The SMILES string of the molecule is CCCSCCCCC(=O)NC(C)(COC(=O)CCl)COC(=O)CCl. The third-order valence-corrected chi connectivity index (χ3v) is 4.76. The molecule has 0 aliphatic rings. The molecular weight excluding hydrogens is 389 g/mol. The lowest BCUT2D eigenvalue weighted by Gasteiger charge is -2.29. The van der Waals surface area contributed by atoms with Gasteiger partial charge in [0.15, 0.2) is 0 Å². The molecule has 0 aromatic rings. The van der Waals surface area contributed by atoms with E-state index in [0.29, 0.717) is 6.42 Å². The highest BCUT2D eigenvalue weighted by Gasteiger charge is 2.30. The van der Waals surface area contributed by atoms with Gasteiger partial charge in [0.05, 0.1) is 0 Å². The number of amides is 1. The van der Waals surface area contributed by atoms with Gasteiger partial charge in [-0.25, -0.2) is 0 Å². The lowest BCUT2D eigenvalue weighted by molar-refractivity contribution is -0.149. The highest BCUT2D eigenvalue weighted by molar-refractivity contribution is 7.99. The van der Waals surface area contributed by atoms with Gasteiger partial charge in [0.2, 0.25) is 5.91 Å². The van der Waals surface area contributed by atoms with E-state index in [4.69, 9.17) is 32.7 Å². The van der Waals surface area contributed by atoms with Crippen LogP contribution < -0.4 is 5.32 Å². The van der Waals surface area contributed by atoms with Crippen LogP contribution in [0.3, 0.4) is 0 Å². The number of unbranched alkanes of at least 4 members (excludes halogenated alkanes) is 1. The molecule has 1 N–H and O–H groups in total. The Labute approximate surface area is 163 Å². The fourth-order valence-electron chi connectivity index (χ4n) is 1.81. The molecule has 0 aromatic carbocycles. The Bertz CT molecular complexity index is 403. The van der Waals surface area contributed by atoms with Crippen LogP contribution >= 0.6 is 35.0 Å². The first-order valence-electron chi connectivity index (χ1n) is 8.18. The van der Waals surface area contributed by atoms with E-state index in [1.54, 1.807) is 6.92 Å². The molecule has 0 saturated carbocycles. The number of halogens is 2. The van der Waals surface area contributed by atoms with Crippen LogP contribution in [0.15, 0.2) is 0 Å². The average molecular weight is 416 g/mol. The fourth-order valence-corrected chi connectivity index (χ4v) is 2.86. The number of thioether (sulfide) groups is 1. The minimum Gasteiger partial charge on any atom is -0.462 e. The number of hydrogen-bond acceptors (Lipinski definition) is 6. The van der Waals surface area contributed by atoms with Gasteiger partial charge in [0, 0.05) is 6.42 Å². The van der Waals surface area contributed by atoms with E-state index in [0.717, 1.165) is 30.8 Å². The first-order chi connectivity index (χ1) is 11.9. The van der Waals surface area contributed by atoms with Crippen molar-refractivity contribution < 1.29 is 23.9 Å². The molecule has 0 heterocycles. The summed E-state index contributed by atoms with van der Waals surface area (Å²) in [5.74, 6) is 0.160. The predicted molar refractivity (Wildman–Crippen MR) is 101 cm³/mol. The standard InChI is InChI=1S/C16H27Cl2NO5S/c1-3-7-25-8-5-4-6-13(20)19-16(2,11-23-14(21)9-17)12-24-15(22)10-18/h3-12H2,1-2H3,(H,19,20). The van der Waals surface area contributed by atoms with E-state index in [1.165, 1.54) is 0 Å². The summed E-state index contributed by atoms with van der Waals surface area (Å²) in [6.07, 6.45) is 3.22. The molecular formula is C16H27Cl2NO5S. The quantitative estimate of drug-likeness (QED) is 0.266. The van der Waals surface area contributed by atoms with Crippen LogP contribution in [0.5, 0.6) is 0 Å². The van der Waals surface area contributed by atoms with Gasteiger partial charge < -0.3 is 14.8 Å². The second kappa shape index (κ2) is 14.5. The lowest BCUT2D eigenvalue weighted by Crippen LogP contribution is -2.53. The maximum atomic E-state index is 12.1. The molecule has 6 nitrogen and oxygen atoms in total. The zero-order chi connectivity index (χ0) is 19.1. The van der Waals surface area contributed by atoms with Gasteiger partial charge in [-0.1, -0.05) is 6.92 Å². The smallest absolute Gasteiger partial charge is 0.320 e. The second-order valence-electron chi connectivity index (χ2n) is 5.77. The van der Waals surface area contributed by atoms with Crippen molar-refractivity contribution in [3.8, 4) is 0 Å². The van der Waals surface area contributed by atoms with E-state index in [1.807, 2.05) is 11.8 Å². The van der Waals surface area contributed by atoms with Crippen LogP contribution in [0.4, 0.5) is 0 Å². The maximum Gasteiger partial charge on any atom is 0.320 e. The van der Waals surface area contributed by atoms with Crippen LogP contribution in [0.1, 0.15) is 39.5 Å². The maximum absolute atomic E-state index is 12.1. The average Bonchev–Trinajstić information content (AvgIpc) is 2.60. The topological polar surface area (TPSA) is 81.7 Å². The van der Waals surface area contributed by atoms with Gasteiger partial charge in [-0.3, -0.25) is 14.4 Å². The highest BCUT2D eigenvalue weighted by atomic mass is 35.5. The Morgan fingerprint density at radius 3 is 2.04 bits per heavy atom. The Morgan fingerprint density at radius 2 is 1.56 bits per heavy atom. The number of nitrogens with one attached hydrogen (secondary N) is 1. The summed E-state index contributed by atoms with van der Waals surface area (Å²) in [4.78, 5) is 34.6. The van der Waals surface area contributed by atoms with Crippen molar-refractivity contribution in [2.24, 2.45) is 0 Å². The largest absolute Gasteiger partial charge is 0.462 e. The zero-order valence-corrected chi connectivity index (χ0v) is 17.1. The Hall–Kier alpha value is -0.660. The van der Waals surface area contributed by atoms with E-state index >= 15 is 0 Å². The molecule has 0 bridgehead atoms. The second-order valence-corrected chi connectivity index (χ2v) is 7.53. The summed E-state index contributed by atoms with van der Waals surface area (Å²) >= 11 is 12.7. The summed E-state index contributed by atoms with van der Waals surface area (Å²) in [5.41, 5.74) is -1.03. The number of ether oxygens (including phenoxy) is 2. The van der Waals surface area contributed by atoms with Crippen molar-refractivity contribution in [3.63, 3.8) is 0 Å². The molecule has 0 radical (unpaired) electrons. The van der Waals surface area contributed by atoms with Crippen molar-refractivity contribution in [3.05, 3.63) is 0 Å². The molecule has 146 valence electrons. The van der Waals surface area contributed by atoms with Crippen molar-refractivity contribution in [2.45, 2.75) is 45.1 Å². The van der Waals surface area contributed by atoms with Gasteiger partial charge in [0.25, 0.3) is 0 Å². The van der Waals surface area contributed by atoms with Crippen molar-refractivity contribution in [1.29, 1.82) is 0 Å². The molecule has 0 fully saturated rings. The van der Waals surface area contributed by atoms with Crippen LogP contribution in [-0.2, 0) is 23.9 Å². The first kappa shape index (κ1) is 24.3. The highest BCUT2D eigenvalue weighted by Crippen LogP contribution is 2.11. The van der Waals surface area contributed by atoms with E-state index in [2.05, 4.69) is 12.2 Å². The number of carbonyl (C=O) groups excluding carboxylic acids is 3. The van der Waals surface area contributed by atoms with Crippen molar-refractivity contribution >= 4 is 52.8 Å². The number of alkyl halides is 2. The molecule has 0 aliphatic carbocycles. The first-order valence-corrected chi connectivity index (χ1v) is 10.4. The summed E-state index contributed by atoms with van der Waals surface area (Å²) in [6.45, 7) is 3.47. The fraction of sp³-hybridized carbons (Fsp3) is 0.812. The summed E-state index contributed by atoms with van der Waals surface area (Å²) in [6, 6.07) is 0. The number of carbonyl (C=O) groups is 3. The summed E-state index contributed by atoms with van der Waals surface area (Å²) in [5, 5.41) is 2.77. The lowest BCUT2D eigenvalue weighted by atomic mass is 10.0. The van der Waals surface area contributed by atoms with Gasteiger partial charge in [-0.15, -0.1) is 23.2 Å². The minimum atomic E-state index is -1.03. The molecule has 0 saturated heterocycles. The molecule has 0 unspecified atom stereocenters. The predicted octanol–water partition coefficient (Wildman–Crippen LogP) is 2.74. The molecule has 0 spiro atoms. The van der Waals surface area contributed by atoms with Gasteiger partial charge in [-0.05, 0) is 37.7 Å². The minimum absolute atomic E-state index is 0.147. The number of rotatable bonds is 14. The summed E-state index contributed by atoms with van der Waals surface area (Å²) < 4.78 is 9.96. The van der Waals surface area contributed by atoms with E-state index < -0.39 is 17.5 Å². The molecule has 25 heavy (non-hydrogen) atoms. The number of hydrogen-bond donors (Lipinski definition) is 1. The van der Waals surface area contributed by atoms with Gasteiger partial charge in [-0.2, -0.15) is 11.8 Å². The normalized spacial score (nSPS) is 11.0. The van der Waals surface area contributed by atoms with Crippen LogP contribution in [-0.4, -0.2) is 59.9 Å². The van der Waals surface area contributed by atoms with Gasteiger partial charge >= 0.3 is 11.9 Å². The van der Waals surface area contributed by atoms with E-state index in [9.17, 15) is 14.4 Å². The van der Waals surface area contributed by atoms with Crippen molar-refractivity contribution in [1.82, 2.24) is 5.32 Å². The number of esters is 2. The van der Waals surface area contributed by atoms with E-state index in [-0.39, 0.29) is 30.9 Å². The molecule has 9 heteroatoms. The molecule has 0 aliphatic heterocycles. The monoisotopic (exact) mass is 415 g/mol. The zero-order valence-electron chi connectivity index (χ0n) is 14.8. The molecule has 0 aromatic heterocycles. The Morgan fingerprint density at radius 1 is 1.00 bits per heavy atom. The molecule has 1 amide bonds. The third-order valence-electron chi connectivity index (χ3n) is 3.05. The van der Waals surface area contributed by atoms with Crippen LogP contribution in [0.2, 0.25) is 0 Å². The third kappa shape index (κ3) is 13.2. The summed E-state index contributed by atoms with van der Waals surface area (Å²) in [7, 11) is 0. The van der Waals surface area contributed by atoms with Crippen molar-refractivity contribution in [2.75, 3.05) is 36.5 Å². The van der Waals surface area contributed by atoms with Crippen LogP contribution in [0, 0.1) is 0 Å². The molecule has 0 atom stereocenters. The Balaban J connectivity index is 4.40. The Kier molecular flexibility index (Phi) is 14.1.